The van der Waals surface area contributed by atoms with Gasteiger partial charge in [-0.2, -0.15) is 0 Å². The predicted molar refractivity (Wildman–Crippen MR) is 115 cm³/mol. The Morgan fingerprint density at radius 3 is 2.22 bits per heavy atom. The Hall–Kier alpha value is -2.78. The first kappa shape index (κ1) is 19.0. The number of hydrogen-bond donors (Lipinski definition) is 0. The van der Waals surface area contributed by atoms with Crippen molar-refractivity contribution in [2.45, 2.75) is 26.2 Å². The van der Waals surface area contributed by atoms with E-state index in [-0.39, 0.29) is 11.2 Å². The normalized spacial score (nSPS) is 11.7. The van der Waals surface area contributed by atoms with Gasteiger partial charge in [-0.3, -0.25) is 4.79 Å². The summed E-state index contributed by atoms with van der Waals surface area (Å²) in [5.74, 6) is -0.0278. The average Bonchev–Trinajstić information content (AvgIpc) is 2.67. The van der Waals surface area contributed by atoms with Crippen LogP contribution in [0.4, 0.5) is 0 Å². The van der Waals surface area contributed by atoms with Gasteiger partial charge >= 0.3 is 0 Å². The smallest absolute Gasteiger partial charge is 0.185 e. The van der Waals surface area contributed by atoms with Crippen molar-refractivity contribution < 1.29 is 4.79 Å². The number of hydrogen-bond acceptors (Lipinski definition) is 2. The number of aromatic nitrogens is 1. The van der Waals surface area contributed by atoms with Crippen molar-refractivity contribution in [3.05, 3.63) is 100 Å². The van der Waals surface area contributed by atoms with Crippen LogP contribution in [0.3, 0.4) is 0 Å². The van der Waals surface area contributed by atoms with Gasteiger partial charge in [0, 0.05) is 23.0 Å². The van der Waals surface area contributed by atoms with Crippen LogP contribution >= 0.6 is 12.2 Å². The standard InChI is InChI=1S/C24H23NOS/c1-24(2,3)20-14-11-18(12-15-20)22(26)16-13-19-8-7-17-25(23(19)27)21-9-5-4-6-10-21/h4-17H,1-3H3/b16-13-. The van der Waals surface area contributed by atoms with Gasteiger partial charge in [-0.25, -0.2) is 0 Å². The van der Waals surface area contributed by atoms with Crippen molar-refractivity contribution in [1.29, 1.82) is 0 Å². The van der Waals surface area contributed by atoms with Gasteiger partial charge in [-0.05, 0) is 41.3 Å². The molecule has 2 aromatic carbocycles. The second-order valence-electron chi connectivity index (χ2n) is 7.50. The molecule has 0 atom stereocenters. The molecule has 0 radical (unpaired) electrons. The van der Waals surface area contributed by atoms with E-state index in [1.807, 2.05) is 77.5 Å². The molecule has 0 aliphatic rings. The SMILES string of the molecule is CC(C)(C)c1ccc(C(=O)/C=C\c2cccn(-c3ccccc3)c2=S)cc1. The molecule has 27 heavy (non-hydrogen) atoms. The van der Waals surface area contributed by atoms with Gasteiger partial charge in [-0.15, -0.1) is 0 Å². The van der Waals surface area contributed by atoms with Crippen molar-refractivity contribution in [3.8, 4) is 5.69 Å². The molecule has 0 N–H and O–H groups in total. The lowest BCUT2D eigenvalue weighted by Crippen LogP contribution is -2.11. The zero-order valence-electron chi connectivity index (χ0n) is 15.8. The molecule has 3 heteroatoms. The molecule has 1 heterocycles. The van der Waals surface area contributed by atoms with E-state index < -0.39 is 0 Å². The maximum Gasteiger partial charge on any atom is 0.185 e. The van der Waals surface area contributed by atoms with Crippen LogP contribution in [0, 0.1) is 4.64 Å². The van der Waals surface area contributed by atoms with Gasteiger partial charge in [0.15, 0.2) is 5.78 Å². The fourth-order valence-electron chi connectivity index (χ4n) is 2.83. The van der Waals surface area contributed by atoms with Crippen molar-refractivity contribution >= 4 is 24.1 Å². The van der Waals surface area contributed by atoms with E-state index in [1.54, 1.807) is 12.2 Å². The highest BCUT2D eigenvalue weighted by Gasteiger charge is 2.13. The summed E-state index contributed by atoms with van der Waals surface area (Å²) in [7, 11) is 0. The van der Waals surface area contributed by atoms with Crippen LogP contribution < -0.4 is 0 Å². The first-order chi connectivity index (χ1) is 12.9. The number of ketones is 1. The zero-order valence-corrected chi connectivity index (χ0v) is 16.7. The van der Waals surface area contributed by atoms with Crippen molar-refractivity contribution in [2.75, 3.05) is 0 Å². The largest absolute Gasteiger partial charge is 0.308 e. The summed E-state index contributed by atoms with van der Waals surface area (Å²) in [6.45, 7) is 6.48. The fraction of sp³-hybridized carbons (Fsp3) is 0.167. The molecule has 0 aliphatic carbocycles. The molecular weight excluding hydrogens is 350 g/mol. The van der Waals surface area contributed by atoms with Crippen LogP contribution in [0.25, 0.3) is 11.8 Å². The molecule has 0 amide bonds. The van der Waals surface area contributed by atoms with Crippen LogP contribution in [0.1, 0.15) is 42.3 Å². The quantitative estimate of drug-likeness (QED) is 0.300. The number of allylic oxidation sites excluding steroid dienone is 1. The Balaban J connectivity index is 1.84. The first-order valence-corrected chi connectivity index (χ1v) is 9.37. The number of rotatable bonds is 4. The minimum absolute atomic E-state index is 0.0278. The molecule has 2 nitrogen and oxygen atoms in total. The van der Waals surface area contributed by atoms with Crippen molar-refractivity contribution in [1.82, 2.24) is 4.57 Å². The van der Waals surface area contributed by atoms with Gasteiger partial charge in [0.05, 0.1) is 0 Å². The van der Waals surface area contributed by atoms with Crippen LogP contribution in [0.2, 0.25) is 0 Å². The second-order valence-corrected chi connectivity index (χ2v) is 7.89. The summed E-state index contributed by atoms with van der Waals surface area (Å²) in [6, 6.07) is 21.6. The van der Waals surface area contributed by atoms with Gasteiger partial charge in [0.2, 0.25) is 0 Å². The second kappa shape index (κ2) is 7.85. The molecular formula is C24H23NOS. The van der Waals surface area contributed by atoms with E-state index in [0.29, 0.717) is 10.2 Å². The third kappa shape index (κ3) is 4.50. The third-order valence-corrected chi connectivity index (χ3v) is 4.89. The Labute approximate surface area is 165 Å². The summed E-state index contributed by atoms with van der Waals surface area (Å²) in [6.07, 6.45) is 5.32. The molecule has 3 aromatic rings. The summed E-state index contributed by atoms with van der Waals surface area (Å²) in [4.78, 5) is 12.5. The third-order valence-electron chi connectivity index (χ3n) is 4.46. The maximum absolute atomic E-state index is 12.5. The van der Waals surface area contributed by atoms with Gasteiger partial charge in [-0.1, -0.05) is 81.5 Å². The summed E-state index contributed by atoms with van der Waals surface area (Å²) in [5, 5.41) is 0. The van der Waals surface area contributed by atoms with E-state index >= 15 is 0 Å². The van der Waals surface area contributed by atoms with Gasteiger partial charge < -0.3 is 4.57 Å². The molecule has 1 aromatic heterocycles. The van der Waals surface area contributed by atoms with Crippen LogP contribution in [0.5, 0.6) is 0 Å². The Bertz CT molecular complexity index is 1020. The average molecular weight is 374 g/mol. The highest BCUT2D eigenvalue weighted by molar-refractivity contribution is 7.71. The van der Waals surface area contributed by atoms with Crippen LogP contribution in [0.15, 0.2) is 79.0 Å². The highest BCUT2D eigenvalue weighted by Crippen LogP contribution is 2.22. The minimum atomic E-state index is -0.0278. The summed E-state index contributed by atoms with van der Waals surface area (Å²) < 4.78 is 2.62. The van der Waals surface area contributed by atoms with Crippen molar-refractivity contribution in [3.63, 3.8) is 0 Å². The first-order valence-electron chi connectivity index (χ1n) is 8.96. The number of carbonyl (C=O) groups is 1. The maximum atomic E-state index is 12.5. The topological polar surface area (TPSA) is 22.0 Å². The number of pyridine rings is 1. The lowest BCUT2D eigenvalue weighted by Gasteiger charge is -2.18. The molecule has 0 spiro atoms. The number of nitrogens with zero attached hydrogens (tertiary/aromatic N) is 1. The molecule has 0 saturated carbocycles. The fourth-order valence-corrected chi connectivity index (χ4v) is 3.13. The molecule has 0 bridgehead atoms. The lowest BCUT2D eigenvalue weighted by molar-refractivity contribution is 0.104. The Morgan fingerprint density at radius 2 is 1.59 bits per heavy atom. The molecule has 0 unspecified atom stereocenters. The molecule has 3 rings (SSSR count). The van der Waals surface area contributed by atoms with E-state index in [4.69, 9.17) is 12.2 Å². The Morgan fingerprint density at radius 1 is 0.926 bits per heavy atom. The van der Waals surface area contributed by atoms with Crippen LogP contribution in [-0.4, -0.2) is 10.4 Å². The van der Waals surface area contributed by atoms with E-state index in [2.05, 4.69) is 20.8 Å². The number of carbonyl (C=O) groups excluding carboxylic acids is 1. The zero-order chi connectivity index (χ0) is 19.4. The monoisotopic (exact) mass is 373 g/mol. The number of para-hydroxylation sites is 1. The minimum Gasteiger partial charge on any atom is -0.308 e. The van der Waals surface area contributed by atoms with E-state index in [1.165, 1.54) is 5.56 Å². The van der Waals surface area contributed by atoms with Gasteiger partial charge in [0.25, 0.3) is 0 Å². The highest BCUT2D eigenvalue weighted by atomic mass is 32.1. The lowest BCUT2D eigenvalue weighted by atomic mass is 9.86. The van der Waals surface area contributed by atoms with Crippen molar-refractivity contribution in [2.24, 2.45) is 0 Å². The molecule has 136 valence electrons. The van der Waals surface area contributed by atoms with E-state index in [0.717, 1.165) is 11.3 Å². The number of benzene rings is 2. The van der Waals surface area contributed by atoms with Crippen LogP contribution in [-0.2, 0) is 5.41 Å². The predicted octanol–water partition coefficient (Wildman–Crippen LogP) is 6.40. The molecule has 0 fully saturated rings. The summed E-state index contributed by atoms with van der Waals surface area (Å²) in [5.41, 5.74) is 3.81. The molecule has 0 saturated heterocycles. The Kier molecular flexibility index (Phi) is 5.52. The molecule has 0 aliphatic heterocycles. The van der Waals surface area contributed by atoms with E-state index in [9.17, 15) is 4.79 Å². The van der Waals surface area contributed by atoms with Gasteiger partial charge in [0.1, 0.15) is 4.64 Å². The summed E-state index contributed by atoms with van der Waals surface area (Å²) >= 11 is 5.60.